The van der Waals surface area contributed by atoms with E-state index in [-0.39, 0.29) is 6.42 Å². The Morgan fingerprint density at radius 1 is 1.12 bits per heavy atom. The van der Waals surface area contributed by atoms with Crippen molar-refractivity contribution in [3.05, 3.63) is 35.9 Å². The Hall–Kier alpha value is -1.88. The van der Waals surface area contributed by atoms with Gasteiger partial charge < -0.3 is 15.9 Å². The fraction of sp³-hybridized carbons (Fsp3) is 0.333. The van der Waals surface area contributed by atoms with Gasteiger partial charge in [0.1, 0.15) is 6.04 Å². The van der Waals surface area contributed by atoms with E-state index >= 15 is 0 Å². The number of benzene rings is 1. The van der Waals surface area contributed by atoms with E-state index in [9.17, 15) is 9.59 Å². The van der Waals surface area contributed by atoms with E-state index in [1.165, 1.54) is 0 Å². The lowest BCUT2D eigenvalue weighted by atomic mass is 9.93. The van der Waals surface area contributed by atoms with Crippen molar-refractivity contribution in [2.24, 2.45) is 11.7 Å². The minimum Gasteiger partial charge on any atom is -0.481 e. The molecule has 5 nitrogen and oxygen atoms in total. The molecule has 0 aromatic heterocycles. The monoisotopic (exact) mass is 237 g/mol. The predicted molar refractivity (Wildman–Crippen MR) is 61.5 cm³/mol. The first-order chi connectivity index (χ1) is 8.02. The van der Waals surface area contributed by atoms with Crippen LogP contribution in [0, 0.1) is 5.92 Å². The largest absolute Gasteiger partial charge is 0.481 e. The van der Waals surface area contributed by atoms with E-state index < -0.39 is 23.9 Å². The Balaban J connectivity index is 2.63. The summed E-state index contributed by atoms with van der Waals surface area (Å²) in [5.74, 6) is -3.52. The zero-order chi connectivity index (χ0) is 12.8. The van der Waals surface area contributed by atoms with Gasteiger partial charge in [0, 0.05) is 0 Å². The Kier molecular flexibility index (Phi) is 4.66. The van der Waals surface area contributed by atoms with Crippen molar-refractivity contribution in [1.82, 2.24) is 0 Å². The van der Waals surface area contributed by atoms with Crippen molar-refractivity contribution >= 4 is 11.9 Å². The van der Waals surface area contributed by atoms with Crippen LogP contribution in [0.1, 0.15) is 12.0 Å². The lowest BCUT2D eigenvalue weighted by Gasteiger charge is -2.16. The third-order valence-electron chi connectivity index (χ3n) is 2.62. The molecule has 1 rings (SSSR count). The molecule has 0 heterocycles. The van der Waals surface area contributed by atoms with Crippen LogP contribution in [0.5, 0.6) is 0 Å². The molecule has 0 spiro atoms. The maximum absolute atomic E-state index is 10.9. The minimum atomic E-state index is -1.36. The van der Waals surface area contributed by atoms with Crippen molar-refractivity contribution in [2.45, 2.75) is 18.9 Å². The first-order valence-corrected chi connectivity index (χ1v) is 5.27. The summed E-state index contributed by atoms with van der Waals surface area (Å²) in [7, 11) is 0. The molecule has 0 aliphatic rings. The number of rotatable bonds is 6. The zero-order valence-corrected chi connectivity index (χ0v) is 9.24. The maximum Gasteiger partial charge on any atom is 0.321 e. The molecule has 0 bridgehead atoms. The predicted octanol–water partition coefficient (Wildman–Crippen LogP) is 0.732. The summed E-state index contributed by atoms with van der Waals surface area (Å²) in [6.45, 7) is 0. The topological polar surface area (TPSA) is 101 Å². The number of hydrogen-bond donors (Lipinski definition) is 3. The molecule has 17 heavy (non-hydrogen) atoms. The second kappa shape index (κ2) is 6.00. The lowest BCUT2D eigenvalue weighted by molar-refractivity contribution is -0.150. The second-order valence-electron chi connectivity index (χ2n) is 3.83. The quantitative estimate of drug-likeness (QED) is 0.677. The summed E-state index contributed by atoms with van der Waals surface area (Å²) >= 11 is 0. The van der Waals surface area contributed by atoms with Gasteiger partial charge in [0.15, 0.2) is 0 Å². The second-order valence-corrected chi connectivity index (χ2v) is 3.83. The molecule has 0 aliphatic carbocycles. The van der Waals surface area contributed by atoms with Crippen LogP contribution in [0.4, 0.5) is 0 Å². The molecule has 92 valence electrons. The van der Waals surface area contributed by atoms with E-state index in [2.05, 4.69) is 0 Å². The third-order valence-corrected chi connectivity index (χ3v) is 2.62. The smallest absolute Gasteiger partial charge is 0.321 e. The van der Waals surface area contributed by atoms with E-state index in [0.717, 1.165) is 5.56 Å². The molecule has 0 amide bonds. The first kappa shape index (κ1) is 13.2. The minimum absolute atomic E-state index is 0.215. The van der Waals surface area contributed by atoms with Crippen LogP contribution in [-0.4, -0.2) is 28.2 Å². The van der Waals surface area contributed by atoms with Crippen molar-refractivity contribution < 1.29 is 19.8 Å². The Morgan fingerprint density at radius 3 is 2.18 bits per heavy atom. The van der Waals surface area contributed by atoms with E-state index in [4.69, 9.17) is 15.9 Å². The fourth-order valence-corrected chi connectivity index (χ4v) is 1.60. The molecular formula is C12H15NO4. The Labute approximate surface area is 98.9 Å². The SMILES string of the molecule is NC(C(=O)O)C(CCc1ccccc1)C(=O)O. The molecule has 2 atom stereocenters. The normalized spacial score (nSPS) is 13.9. The summed E-state index contributed by atoms with van der Waals surface area (Å²) in [5.41, 5.74) is 6.31. The highest BCUT2D eigenvalue weighted by Gasteiger charge is 2.29. The van der Waals surface area contributed by atoms with Gasteiger partial charge in [0.05, 0.1) is 5.92 Å². The molecule has 5 heteroatoms. The zero-order valence-electron chi connectivity index (χ0n) is 9.24. The van der Waals surface area contributed by atoms with Gasteiger partial charge in [-0.1, -0.05) is 30.3 Å². The van der Waals surface area contributed by atoms with E-state index in [0.29, 0.717) is 6.42 Å². The van der Waals surface area contributed by atoms with E-state index in [1.54, 1.807) is 0 Å². The van der Waals surface area contributed by atoms with Crippen LogP contribution in [0.2, 0.25) is 0 Å². The van der Waals surface area contributed by atoms with Crippen molar-refractivity contribution in [3.8, 4) is 0 Å². The molecule has 0 aliphatic heterocycles. The van der Waals surface area contributed by atoms with Gasteiger partial charge in [-0.3, -0.25) is 9.59 Å². The standard InChI is InChI=1S/C12H15NO4/c13-10(12(16)17)9(11(14)15)7-6-8-4-2-1-3-5-8/h1-5,9-10H,6-7,13H2,(H,14,15)(H,16,17). The molecule has 2 unspecified atom stereocenters. The number of nitrogens with two attached hydrogens (primary N) is 1. The Bertz CT molecular complexity index is 391. The van der Waals surface area contributed by atoms with Gasteiger partial charge in [0.25, 0.3) is 0 Å². The molecule has 1 aromatic rings. The number of hydrogen-bond acceptors (Lipinski definition) is 3. The maximum atomic E-state index is 10.9. The number of carboxylic acids is 2. The van der Waals surface area contributed by atoms with Gasteiger partial charge >= 0.3 is 11.9 Å². The summed E-state index contributed by atoms with van der Waals surface area (Å²) in [4.78, 5) is 21.6. The van der Waals surface area contributed by atoms with Crippen LogP contribution in [0.3, 0.4) is 0 Å². The van der Waals surface area contributed by atoms with Crippen molar-refractivity contribution in [2.75, 3.05) is 0 Å². The first-order valence-electron chi connectivity index (χ1n) is 5.27. The summed E-state index contributed by atoms with van der Waals surface area (Å²) in [6, 6.07) is 7.93. The Morgan fingerprint density at radius 2 is 1.71 bits per heavy atom. The van der Waals surface area contributed by atoms with Crippen LogP contribution in [0.25, 0.3) is 0 Å². The highest BCUT2D eigenvalue weighted by atomic mass is 16.4. The summed E-state index contributed by atoms with van der Waals surface area (Å²) in [6.07, 6.45) is 0.714. The van der Waals surface area contributed by atoms with Crippen LogP contribution < -0.4 is 5.73 Å². The highest BCUT2D eigenvalue weighted by molar-refractivity contribution is 5.82. The molecule has 0 fully saturated rings. The lowest BCUT2D eigenvalue weighted by Crippen LogP contribution is -2.42. The van der Waals surface area contributed by atoms with Gasteiger partial charge in [0.2, 0.25) is 0 Å². The highest BCUT2D eigenvalue weighted by Crippen LogP contribution is 2.13. The van der Waals surface area contributed by atoms with Crippen molar-refractivity contribution in [1.29, 1.82) is 0 Å². The molecule has 0 saturated heterocycles. The summed E-state index contributed by atoms with van der Waals surface area (Å²) < 4.78 is 0. The summed E-state index contributed by atoms with van der Waals surface area (Å²) in [5, 5.41) is 17.6. The molecule has 4 N–H and O–H groups in total. The van der Waals surface area contributed by atoms with Gasteiger partial charge in [-0.15, -0.1) is 0 Å². The molecule has 1 aromatic carbocycles. The van der Waals surface area contributed by atoms with Gasteiger partial charge in [-0.25, -0.2) is 0 Å². The number of carbonyl (C=O) groups is 2. The van der Waals surface area contributed by atoms with Gasteiger partial charge in [-0.2, -0.15) is 0 Å². The molecule has 0 saturated carbocycles. The molecule has 0 radical (unpaired) electrons. The van der Waals surface area contributed by atoms with Gasteiger partial charge in [-0.05, 0) is 18.4 Å². The van der Waals surface area contributed by atoms with Crippen LogP contribution >= 0.6 is 0 Å². The van der Waals surface area contributed by atoms with Crippen LogP contribution in [-0.2, 0) is 16.0 Å². The fourth-order valence-electron chi connectivity index (χ4n) is 1.60. The van der Waals surface area contributed by atoms with Crippen LogP contribution in [0.15, 0.2) is 30.3 Å². The molecular weight excluding hydrogens is 222 g/mol. The third kappa shape index (κ3) is 3.88. The van der Waals surface area contributed by atoms with Crippen molar-refractivity contribution in [3.63, 3.8) is 0 Å². The number of carboxylic acid groups (broad SMARTS) is 2. The number of aliphatic carboxylic acids is 2. The number of aryl methyl sites for hydroxylation is 1. The average molecular weight is 237 g/mol. The average Bonchev–Trinajstić information content (AvgIpc) is 2.29. The van der Waals surface area contributed by atoms with E-state index in [1.807, 2.05) is 30.3 Å².